The van der Waals surface area contributed by atoms with Crippen LogP contribution in [-0.2, 0) is 13.1 Å². The molecule has 0 atom stereocenters. The molecule has 0 aliphatic heterocycles. The first-order valence-electron chi connectivity index (χ1n) is 5.80. The summed E-state index contributed by atoms with van der Waals surface area (Å²) in [6, 6.07) is 0. The quantitative estimate of drug-likeness (QED) is 0.887. The van der Waals surface area contributed by atoms with E-state index in [2.05, 4.69) is 45.3 Å². The number of anilines is 1. The van der Waals surface area contributed by atoms with Crippen molar-refractivity contribution in [3.05, 3.63) is 28.5 Å². The lowest BCUT2D eigenvalue weighted by Gasteiger charge is -2.10. The lowest BCUT2D eigenvalue weighted by atomic mass is 10.2. The summed E-state index contributed by atoms with van der Waals surface area (Å²) in [6.07, 6.45) is 2.09. The van der Waals surface area contributed by atoms with Gasteiger partial charge in [-0.25, -0.2) is 9.97 Å². The third-order valence-electron chi connectivity index (χ3n) is 2.37. The van der Waals surface area contributed by atoms with Gasteiger partial charge in [-0.2, -0.15) is 0 Å². The molecule has 0 fully saturated rings. The molecule has 5 heteroatoms. The van der Waals surface area contributed by atoms with Crippen LogP contribution in [-0.4, -0.2) is 14.5 Å². The van der Waals surface area contributed by atoms with Gasteiger partial charge in [0.1, 0.15) is 0 Å². The van der Waals surface area contributed by atoms with Gasteiger partial charge in [0.2, 0.25) is 5.95 Å². The fraction of sp³-hybridized carbons (Fsp3) is 0.500. The monoisotopic (exact) mass is 250 g/mol. The van der Waals surface area contributed by atoms with Crippen molar-refractivity contribution in [2.75, 3.05) is 5.32 Å². The van der Waals surface area contributed by atoms with Gasteiger partial charge >= 0.3 is 0 Å². The molecule has 2 heterocycles. The van der Waals surface area contributed by atoms with E-state index in [4.69, 9.17) is 0 Å². The van der Waals surface area contributed by atoms with E-state index in [9.17, 15) is 0 Å². The number of nitrogens with one attached hydrogen (secondary N) is 1. The van der Waals surface area contributed by atoms with Crippen LogP contribution >= 0.6 is 11.3 Å². The van der Waals surface area contributed by atoms with Gasteiger partial charge in [0, 0.05) is 18.1 Å². The highest BCUT2D eigenvalue weighted by Gasteiger charge is 2.07. The lowest BCUT2D eigenvalue weighted by molar-refractivity contribution is 0.526. The minimum atomic E-state index is 0.614. The van der Waals surface area contributed by atoms with Crippen molar-refractivity contribution < 1.29 is 0 Å². The molecule has 17 heavy (non-hydrogen) atoms. The Kier molecular flexibility index (Phi) is 3.78. The summed E-state index contributed by atoms with van der Waals surface area (Å²) in [4.78, 5) is 8.74. The highest BCUT2D eigenvalue weighted by molar-refractivity contribution is 7.07. The summed E-state index contributed by atoms with van der Waals surface area (Å²) < 4.78 is 2.17. The zero-order valence-corrected chi connectivity index (χ0v) is 11.3. The van der Waals surface area contributed by atoms with Crippen molar-refractivity contribution in [3.8, 4) is 0 Å². The minimum Gasteiger partial charge on any atom is -0.350 e. The molecule has 0 saturated heterocycles. The van der Waals surface area contributed by atoms with E-state index in [0.29, 0.717) is 5.92 Å². The van der Waals surface area contributed by atoms with E-state index in [-0.39, 0.29) is 0 Å². The van der Waals surface area contributed by atoms with Crippen molar-refractivity contribution >= 4 is 17.3 Å². The van der Waals surface area contributed by atoms with Crippen LogP contribution in [0.15, 0.2) is 17.1 Å². The Morgan fingerprint density at radius 2 is 2.29 bits per heavy atom. The van der Waals surface area contributed by atoms with Gasteiger partial charge in [0.25, 0.3) is 0 Å². The second-order valence-electron chi connectivity index (χ2n) is 4.59. The van der Waals surface area contributed by atoms with Crippen molar-refractivity contribution in [2.24, 2.45) is 5.92 Å². The maximum absolute atomic E-state index is 4.49. The molecule has 4 nitrogen and oxygen atoms in total. The van der Waals surface area contributed by atoms with Gasteiger partial charge < -0.3 is 9.88 Å². The van der Waals surface area contributed by atoms with Crippen LogP contribution in [0.5, 0.6) is 0 Å². The molecule has 2 rings (SSSR count). The summed E-state index contributed by atoms with van der Waals surface area (Å²) in [5.74, 6) is 1.55. The Morgan fingerprint density at radius 1 is 1.47 bits per heavy atom. The molecule has 0 amide bonds. The van der Waals surface area contributed by atoms with Crippen molar-refractivity contribution in [3.63, 3.8) is 0 Å². The molecule has 1 N–H and O–H groups in total. The fourth-order valence-corrected chi connectivity index (χ4v) is 2.27. The third-order valence-corrected chi connectivity index (χ3v) is 3.01. The molecule has 0 aliphatic carbocycles. The van der Waals surface area contributed by atoms with Crippen LogP contribution in [0, 0.1) is 12.8 Å². The molecule has 0 aliphatic rings. The standard InChI is InChI=1S/C12H18N4S/c1-9(2)5-16-6-10(3)15-12(16)13-4-11-7-17-8-14-11/h6-9H,4-5H2,1-3H3,(H,13,15). The fourth-order valence-electron chi connectivity index (χ4n) is 1.71. The average Bonchev–Trinajstić information content (AvgIpc) is 2.84. The highest BCUT2D eigenvalue weighted by Crippen LogP contribution is 2.12. The lowest BCUT2D eigenvalue weighted by Crippen LogP contribution is -2.10. The summed E-state index contributed by atoms with van der Waals surface area (Å²) in [5, 5.41) is 5.39. The van der Waals surface area contributed by atoms with Crippen LogP contribution in [0.25, 0.3) is 0 Å². The van der Waals surface area contributed by atoms with Crippen LogP contribution < -0.4 is 5.32 Å². The Labute approximate surface area is 106 Å². The zero-order chi connectivity index (χ0) is 12.3. The molecule has 2 aromatic rings. The number of thiazole rings is 1. The average molecular weight is 250 g/mol. The number of hydrogen-bond acceptors (Lipinski definition) is 4. The van der Waals surface area contributed by atoms with Crippen LogP contribution in [0.4, 0.5) is 5.95 Å². The minimum absolute atomic E-state index is 0.614. The molecule has 0 unspecified atom stereocenters. The molecular formula is C12H18N4S. The first-order chi connectivity index (χ1) is 8.15. The predicted octanol–water partition coefficient (Wildman–Crippen LogP) is 2.92. The van der Waals surface area contributed by atoms with Gasteiger partial charge in [-0.05, 0) is 12.8 Å². The van der Waals surface area contributed by atoms with Gasteiger partial charge in [-0.15, -0.1) is 11.3 Å². The largest absolute Gasteiger partial charge is 0.350 e. The Balaban J connectivity index is 2.04. The molecule has 0 saturated carbocycles. The summed E-state index contributed by atoms with van der Waals surface area (Å²) in [6.45, 7) is 8.15. The Morgan fingerprint density at radius 3 is 2.94 bits per heavy atom. The maximum atomic E-state index is 4.49. The number of aromatic nitrogens is 3. The van der Waals surface area contributed by atoms with E-state index in [0.717, 1.165) is 30.4 Å². The number of aryl methyl sites for hydroxylation is 1. The summed E-state index contributed by atoms with van der Waals surface area (Å²) >= 11 is 1.62. The molecule has 2 aromatic heterocycles. The first-order valence-corrected chi connectivity index (χ1v) is 6.74. The van der Waals surface area contributed by atoms with Gasteiger partial charge in [0.05, 0.1) is 23.4 Å². The van der Waals surface area contributed by atoms with E-state index in [1.165, 1.54) is 0 Å². The topological polar surface area (TPSA) is 42.7 Å². The second-order valence-corrected chi connectivity index (χ2v) is 5.30. The van der Waals surface area contributed by atoms with E-state index in [1.54, 1.807) is 11.3 Å². The van der Waals surface area contributed by atoms with Crippen molar-refractivity contribution in [1.29, 1.82) is 0 Å². The predicted molar refractivity (Wildman–Crippen MR) is 71.2 cm³/mol. The smallest absolute Gasteiger partial charge is 0.203 e. The molecule has 0 aromatic carbocycles. The van der Waals surface area contributed by atoms with E-state index >= 15 is 0 Å². The number of nitrogens with zero attached hydrogens (tertiary/aromatic N) is 3. The van der Waals surface area contributed by atoms with Gasteiger partial charge in [-0.1, -0.05) is 13.8 Å². The number of rotatable bonds is 5. The SMILES string of the molecule is Cc1cn(CC(C)C)c(NCc2cscn2)n1. The van der Waals surface area contributed by atoms with E-state index < -0.39 is 0 Å². The molecule has 0 radical (unpaired) electrons. The summed E-state index contributed by atoms with van der Waals surface area (Å²) in [5.41, 5.74) is 3.96. The van der Waals surface area contributed by atoms with Gasteiger partial charge in [0.15, 0.2) is 0 Å². The molecular weight excluding hydrogens is 232 g/mol. The molecule has 92 valence electrons. The zero-order valence-electron chi connectivity index (χ0n) is 10.5. The third kappa shape index (κ3) is 3.30. The maximum Gasteiger partial charge on any atom is 0.203 e. The van der Waals surface area contributed by atoms with E-state index in [1.807, 2.05) is 12.4 Å². The van der Waals surface area contributed by atoms with Crippen molar-refractivity contribution in [2.45, 2.75) is 33.9 Å². The highest BCUT2D eigenvalue weighted by atomic mass is 32.1. The Bertz CT molecular complexity index is 459. The normalized spacial score (nSPS) is 11.1. The number of imidazole rings is 1. The first kappa shape index (κ1) is 12.1. The van der Waals surface area contributed by atoms with Crippen LogP contribution in [0.2, 0.25) is 0 Å². The van der Waals surface area contributed by atoms with Gasteiger partial charge in [-0.3, -0.25) is 0 Å². The van der Waals surface area contributed by atoms with Crippen LogP contribution in [0.3, 0.4) is 0 Å². The number of hydrogen-bond donors (Lipinski definition) is 1. The Hall–Kier alpha value is -1.36. The van der Waals surface area contributed by atoms with Crippen LogP contribution in [0.1, 0.15) is 25.2 Å². The molecule has 0 bridgehead atoms. The second kappa shape index (κ2) is 5.31. The molecule has 0 spiro atoms. The summed E-state index contributed by atoms with van der Waals surface area (Å²) in [7, 11) is 0. The van der Waals surface area contributed by atoms with Crippen molar-refractivity contribution in [1.82, 2.24) is 14.5 Å².